The molecule has 0 radical (unpaired) electrons. The van der Waals surface area contributed by atoms with Crippen LogP contribution < -0.4 is 5.32 Å². The molecule has 1 atom stereocenters. The molecular weight excluding hydrogens is 152 g/mol. The van der Waals surface area contributed by atoms with Crippen molar-refractivity contribution < 1.29 is 4.79 Å². The van der Waals surface area contributed by atoms with Gasteiger partial charge in [0.1, 0.15) is 0 Å². The Bertz CT molecular complexity index is 134. The number of likely N-dealkylation sites (N-methyl/N-ethyl adjacent to an activating group) is 1. The SMILES string of the molecule is CCC(C)CNCC(=O)N(C)C. The number of hydrogen-bond acceptors (Lipinski definition) is 2. The van der Waals surface area contributed by atoms with Crippen molar-refractivity contribution in [3.63, 3.8) is 0 Å². The number of rotatable bonds is 5. The third-order valence-corrected chi connectivity index (χ3v) is 1.96. The number of nitrogens with one attached hydrogen (secondary N) is 1. The lowest BCUT2D eigenvalue weighted by molar-refractivity contribution is -0.127. The number of hydrogen-bond donors (Lipinski definition) is 1. The average molecular weight is 172 g/mol. The van der Waals surface area contributed by atoms with Crippen LogP contribution >= 0.6 is 0 Å². The zero-order valence-electron chi connectivity index (χ0n) is 8.55. The lowest BCUT2D eigenvalue weighted by Crippen LogP contribution is -2.34. The lowest BCUT2D eigenvalue weighted by atomic mass is 10.1. The number of amides is 1. The van der Waals surface area contributed by atoms with E-state index >= 15 is 0 Å². The van der Waals surface area contributed by atoms with Gasteiger partial charge in [0, 0.05) is 14.1 Å². The summed E-state index contributed by atoms with van der Waals surface area (Å²) >= 11 is 0. The minimum absolute atomic E-state index is 0.137. The smallest absolute Gasteiger partial charge is 0.236 e. The molecule has 0 rings (SSSR count). The summed E-state index contributed by atoms with van der Waals surface area (Å²) in [6.45, 7) is 5.71. The van der Waals surface area contributed by atoms with E-state index in [-0.39, 0.29) is 5.91 Å². The Balaban J connectivity index is 3.37. The molecule has 0 aromatic carbocycles. The van der Waals surface area contributed by atoms with Crippen LogP contribution in [0.15, 0.2) is 0 Å². The summed E-state index contributed by atoms with van der Waals surface area (Å²) in [6, 6.07) is 0. The Hall–Kier alpha value is -0.570. The first-order valence-electron chi connectivity index (χ1n) is 4.48. The van der Waals surface area contributed by atoms with E-state index < -0.39 is 0 Å². The molecule has 3 heteroatoms. The Morgan fingerprint density at radius 1 is 1.50 bits per heavy atom. The molecule has 0 fully saturated rings. The maximum absolute atomic E-state index is 11.1. The Labute approximate surface area is 75.1 Å². The van der Waals surface area contributed by atoms with Gasteiger partial charge >= 0.3 is 0 Å². The second kappa shape index (κ2) is 6.00. The van der Waals surface area contributed by atoms with Gasteiger partial charge in [-0.15, -0.1) is 0 Å². The van der Waals surface area contributed by atoms with Crippen molar-refractivity contribution in [1.82, 2.24) is 10.2 Å². The second-order valence-electron chi connectivity index (χ2n) is 3.43. The fourth-order valence-electron chi connectivity index (χ4n) is 0.728. The first-order valence-corrected chi connectivity index (χ1v) is 4.48. The van der Waals surface area contributed by atoms with E-state index in [1.807, 2.05) is 0 Å². The van der Waals surface area contributed by atoms with Crippen molar-refractivity contribution in [1.29, 1.82) is 0 Å². The molecule has 72 valence electrons. The van der Waals surface area contributed by atoms with Crippen molar-refractivity contribution in [2.75, 3.05) is 27.2 Å². The average Bonchev–Trinajstić information content (AvgIpc) is 2.03. The predicted octanol–water partition coefficient (Wildman–Crippen LogP) is 0.710. The van der Waals surface area contributed by atoms with Crippen LogP contribution in [-0.2, 0) is 4.79 Å². The molecule has 0 aliphatic heterocycles. The van der Waals surface area contributed by atoms with Gasteiger partial charge in [-0.2, -0.15) is 0 Å². The molecule has 0 aliphatic rings. The van der Waals surface area contributed by atoms with Gasteiger partial charge in [-0.25, -0.2) is 0 Å². The van der Waals surface area contributed by atoms with Crippen LogP contribution in [0.1, 0.15) is 20.3 Å². The highest BCUT2D eigenvalue weighted by Gasteiger charge is 2.03. The van der Waals surface area contributed by atoms with Gasteiger partial charge in [0.15, 0.2) is 0 Å². The zero-order chi connectivity index (χ0) is 9.56. The van der Waals surface area contributed by atoms with Crippen LogP contribution in [0.2, 0.25) is 0 Å². The Morgan fingerprint density at radius 3 is 2.50 bits per heavy atom. The summed E-state index contributed by atoms with van der Waals surface area (Å²) < 4.78 is 0. The number of nitrogens with zero attached hydrogens (tertiary/aromatic N) is 1. The van der Waals surface area contributed by atoms with E-state index in [1.54, 1.807) is 19.0 Å². The molecular formula is C9H20N2O. The largest absolute Gasteiger partial charge is 0.348 e. The summed E-state index contributed by atoms with van der Waals surface area (Å²) in [6.07, 6.45) is 1.16. The number of carbonyl (C=O) groups excluding carboxylic acids is 1. The summed E-state index contributed by atoms with van der Waals surface area (Å²) in [4.78, 5) is 12.7. The third-order valence-electron chi connectivity index (χ3n) is 1.96. The normalized spacial score (nSPS) is 12.7. The van der Waals surface area contributed by atoms with E-state index in [0.717, 1.165) is 13.0 Å². The van der Waals surface area contributed by atoms with Crippen LogP contribution in [0.5, 0.6) is 0 Å². The van der Waals surface area contributed by atoms with Crippen molar-refractivity contribution >= 4 is 5.91 Å². The highest BCUT2D eigenvalue weighted by atomic mass is 16.2. The van der Waals surface area contributed by atoms with Crippen molar-refractivity contribution in [2.45, 2.75) is 20.3 Å². The quantitative estimate of drug-likeness (QED) is 0.662. The highest BCUT2D eigenvalue weighted by Crippen LogP contribution is 1.96. The fourth-order valence-corrected chi connectivity index (χ4v) is 0.728. The van der Waals surface area contributed by atoms with Gasteiger partial charge in [0.2, 0.25) is 5.91 Å². The summed E-state index contributed by atoms with van der Waals surface area (Å²) in [5.74, 6) is 0.790. The van der Waals surface area contributed by atoms with Crippen molar-refractivity contribution in [2.24, 2.45) is 5.92 Å². The van der Waals surface area contributed by atoms with Gasteiger partial charge in [-0.1, -0.05) is 20.3 Å². The van der Waals surface area contributed by atoms with Crippen LogP contribution in [-0.4, -0.2) is 38.0 Å². The molecule has 1 amide bonds. The first-order chi connectivity index (χ1) is 5.57. The zero-order valence-corrected chi connectivity index (χ0v) is 8.55. The van der Waals surface area contributed by atoms with Crippen LogP contribution in [0.4, 0.5) is 0 Å². The summed E-state index contributed by atoms with van der Waals surface area (Å²) in [5.41, 5.74) is 0. The maximum atomic E-state index is 11.1. The molecule has 3 nitrogen and oxygen atoms in total. The maximum Gasteiger partial charge on any atom is 0.236 e. The molecule has 0 bridgehead atoms. The Kier molecular flexibility index (Phi) is 5.72. The Morgan fingerprint density at radius 2 is 2.08 bits per heavy atom. The fraction of sp³-hybridized carbons (Fsp3) is 0.889. The molecule has 12 heavy (non-hydrogen) atoms. The molecule has 1 N–H and O–H groups in total. The monoisotopic (exact) mass is 172 g/mol. The van der Waals surface area contributed by atoms with Crippen molar-refractivity contribution in [3.8, 4) is 0 Å². The van der Waals surface area contributed by atoms with Gasteiger partial charge in [-0.3, -0.25) is 4.79 Å². The molecule has 0 spiro atoms. The van der Waals surface area contributed by atoms with E-state index in [0.29, 0.717) is 12.5 Å². The predicted molar refractivity (Wildman–Crippen MR) is 51.0 cm³/mol. The third kappa shape index (κ3) is 5.13. The minimum Gasteiger partial charge on any atom is -0.348 e. The molecule has 0 aromatic rings. The lowest BCUT2D eigenvalue weighted by Gasteiger charge is -2.13. The van der Waals surface area contributed by atoms with Gasteiger partial charge in [0.05, 0.1) is 6.54 Å². The molecule has 0 aromatic heterocycles. The molecule has 0 heterocycles. The first kappa shape index (κ1) is 11.4. The van der Waals surface area contributed by atoms with E-state index in [9.17, 15) is 4.79 Å². The topological polar surface area (TPSA) is 32.3 Å². The standard InChI is InChI=1S/C9H20N2O/c1-5-8(2)6-10-7-9(12)11(3)4/h8,10H,5-7H2,1-4H3. The second-order valence-corrected chi connectivity index (χ2v) is 3.43. The van der Waals surface area contributed by atoms with Gasteiger partial charge < -0.3 is 10.2 Å². The summed E-state index contributed by atoms with van der Waals surface area (Å²) in [7, 11) is 3.54. The highest BCUT2D eigenvalue weighted by molar-refractivity contribution is 5.77. The van der Waals surface area contributed by atoms with Crippen molar-refractivity contribution in [3.05, 3.63) is 0 Å². The van der Waals surface area contributed by atoms with Gasteiger partial charge in [-0.05, 0) is 12.5 Å². The molecule has 0 saturated heterocycles. The summed E-state index contributed by atoms with van der Waals surface area (Å²) in [5, 5.41) is 3.13. The van der Waals surface area contributed by atoms with Crippen LogP contribution in [0, 0.1) is 5.92 Å². The van der Waals surface area contributed by atoms with Gasteiger partial charge in [0.25, 0.3) is 0 Å². The molecule has 0 saturated carbocycles. The van der Waals surface area contributed by atoms with Crippen LogP contribution in [0.3, 0.4) is 0 Å². The molecule has 0 aliphatic carbocycles. The molecule has 1 unspecified atom stereocenters. The minimum atomic E-state index is 0.137. The van der Waals surface area contributed by atoms with E-state index in [1.165, 1.54) is 0 Å². The number of carbonyl (C=O) groups is 1. The van der Waals surface area contributed by atoms with Crippen LogP contribution in [0.25, 0.3) is 0 Å². The van der Waals surface area contributed by atoms with E-state index in [4.69, 9.17) is 0 Å². The van der Waals surface area contributed by atoms with E-state index in [2.05, 4.69) is 19.2 Å².